The van der Waals surface area contributed by atoms with E-state index in [1.807, 2.05) is 13.0 Å². The second kappa shape index (κ2) is 7.66. The van der Waals surface area contributed by atoms with Crippen molar-refractivity contribution in [1.82, 2.24) is 0 Å². The predicted molar refractivity (Wildman–Crippen MR) is 87.9 cm³/mol. The molecule has 23 heavy (non-hydrogen) atoms. The van der Waals surface area contributed by atoms with Crippen molar-refractivity contribution in [1.29, 1.82) is 5.26 Å². The summed E-state index contributed by atoms with van der Waals surface area (Å²) in [5.74, 6) is 0.262. The van der Waals surface area contributed by atoms with E-state index in [9.17, 15) is 15.2 Å². The quantitative estimate of drug-likeness (QED) is 0.655. The lowest BCUT2D eigenvalue weighted by atomic mass is 10.1. The number of carbonyl (C=O) groups excluding carboxylic acids is 1. The van der Waals surface area contributed by atoms with Crippen molar-refractivity contribution in [3.8, 4) is 17.6 Å². The highest BCUT2D eigenvalue weighted by molar-refractivity contribution is 6.09. The maximum Gasteiger partial charge on any atom is 0.266 e. The molecule has 2 rings (SSSR count). The highest BCUT2D eigenvalue weighted by Gasteiger charge is 2.10. The Kier molecular flexibility index (Phi) is 5.37. The van der Waals surface area contributed by atoms with Crippen LogP contribution in [-0.2, 0) is 4.79 Å². The Bertz CT molecular complexity index is 759. The maximum absolute atomic E-state index is 12.2. The summed E-state index contributed by atoms with van der Waals surface area (Å²) in [5, 5.41) is 21.1. The predicted octanol–water partition coefficient (Wildman–Crippen LogP) is 3.34. The smallest absolute Gasteiger partial charge is 0.266 e. The second-order valence-corrected chi connectivity index (χ2v) is 4.68. The van der Waals surface area contributed by atoms with Gasteiger partial charge in [-0.1, -0.05) is 18.2 Å². The highest BCUT2D eigenvalue weighted by atomic mass is 16.5. The van der Waals surface area contributed by atoms with Crippen LogP contribution in [0.25, 0.3) is 6.08 Å². The minimum atomic E-state index is -0.505. The van der Waals surface area contributed by atoms with Gasteiger partial charge >= 0.3 is 0 Å². The van der Waals surface area contributed by atoms with Gasteiger partial charge in [0.05, 0.1) is 6.61 Å². The van der Waals surface area contributed by atoms with Crippen LogP contribution in [0.5, 0.6) is 11.5 Å². The zero-order valence-electron chi connectivity index (χ0n) is 12.6. The van der Waals surface area contributed by atoms with Crippen LogP contribution in [0.4, 0.5) is 5.69 Å². The number of phenolic OH excluding ortho intramolecular Hbond substituents is 1. The number of ether oxygens (including phenoxy) is 1. The van der Waals surface area contributed by atoms with Crippen LogP contribution < -0.4 is 10.1 Å². The SMILES string of the molecule is CCOc1cccc(NC(=O)C(C#N)=Cc2ccc(O)cc2)c1. The Labute approximate surface area is 134 Å². The van der Waals surface area contributed by atoms with Crippen molar-refractivity contribution in [2.24, 2.45) is 0 Å². The average molecular weight is 308 g/mol. The van der Waals surface area contributed by atoms with Crippen molar-refractivity contribution in [2.45, 2.75) is 6.92 Å². The molecule has 0 saturated heterocycles. The van der Waals surface area contributed by atoms with Gasteiger partial charge in [0, 0.05) is 11.8 Å². The average Bonchev–Trinajstić information content (AvgIpc) is 2.55. The molecule has 0 radical (unpaired) electrons. The highest BCUT2D eigenvalue weighted by Crippen LogP contribution is 2.18. The normalized spacial score (nSPS) is 10.7. The van der Waals surface area contributed by atoms with E-state index in [4.69, 9.17) is 4.74 Å². The van der Waals surface area contributed by atoms with Crippen LogP contribution in [0.3, 0.4) is 0 Å². The van der Waals surface area contributed by atoms with Crippen molar-refractivity contribution >= 4 is 17.7 Å². The van der Waals surface area contributed by atoms with Gasteiger partial charge in [-0.05, 0) is 42.8 Å². The summed E-state index contributed by atoms with van der Waals surface area (Å²) in [6.45, 7) is 2.40. The standard InChI is InChI=1S/C18H16N2O3/c1-2-23-17-5-3-4-15(11-17)20-18(22)14(12-19)10-13-6-8-16(21)9-7-13/h3-11,21H,2H2,1H3,(H,20,22). The Morgan fingerprint density at radius 1 is 1.30 bits per heavy atom. The van der Waals surface area contributed by atoms with Gasteiger partial charge in [-0.2, -0.15) is 5.26 Å². The first-order chi connectivity index (χ1) is 11.1. The van der Waals surface area contributed by atoms with Gasteiger partial charge in [-0.15, -0.1) is 0 Å². The number of aromatic hydroxyl groups is 1. The summed E-state index contributed by atoms with van der Waals surface area (Å²) >= 11 is 0. The van der Waals surface area contributed by atoms with Gasteiger partial charge in [0.25, 0.3) is 5.91 Å². The number of nitrogens with zero attached hydrogens (tertiary/aromatic N) is 1. The first kappa shape index (κ1) is 16.1. The lowest BCUT2D eigenvalue weighted by Crippen LogP contribution is -2.13. The third-order valence-electron chi connectivity index (χ3n) is 2.97. The van der Waals surface area contributed by atoms with Crippen LogP contribution in [-0.4, -0.2) is 17.6 Å². The largest absolute Gasteiger partial charge is 0.508 e. The number of nitriles is 1. The molecule has 0 spiro atoms. The van der Waals surface area contributed by atoms with Gasteiger partial charge in [0.2, 0.25) is 0 Å². The molecule has 0 aliphatic heterocycles. The third-order valence-corrected chi connectivity index (χ3v) is 2.97. The minimum Gasteiger partial charge on any atom is -0.508 e. The molecular weight excluding hydrogens is 292 g/mol. The fourth-order valence-electron chi connectivity index (χ4n) is 1.91. The van der Waals surface area contributed by atoms with E-state index in [2.05, 4.69) is 5.32 Å². The number of phenols is 1. The Hall–Kier alpha value is -3.26. The molecule has 5 heteroatoms. The molecule has 0 bridgehead atoms. The molecule has 2 aromatic rings. The van der Waals surface area contributed by atoms with E-state index in [1.165, 1.54) is 18.2 Å². The molecule has 0 heterocycles. The third kappa shape index (κ3) is 4.61. The summed E-state index contributed by atoms with van der Waals surface area (Å²) in [6, 6.07) is 15.1. The number of benzene rings is 2. The molecule has 0 atom stereocenters. The van der Waals surface area contributed by atoms with Crippen molar-refractivity contribution in [3.63, 3.8) is 0 Å². The zero-order chi connectivity index (χ0) is 16.7. The Morgan fingerprint density at radius 3 is 2.70 bits per heavy atom. The number of amides is 1. The van der Waals surface area contributed by atoms with Crippen LogP contribution in [0, 0.1) is 11.3 Å². The van der Waals surface area contributed by atoms with Crippen molar-refractivity contribution in [2.75, 3.05) is 11.9 Å². The molecular formula is C18H16N2O3. The molecule has 0 fully saturated rings. The lowest BCUT2D eigenvalue weighted by molar-refractivity contribution is -0.112. The number of hydrogen-bond donors (Lipinski definition) is 2. The molecule has 2 aromatic carbocycles. The molecule has 116 valence electrons. The lowest BCUT2D eigenvalue weighted by Gasteiger charge is -2.07. The van der Waals surface area contributed by atoms with E-state index in [0.717, 1.165) is 0 Å². The van der Waals surface area contributed by atoms with E-state index in [0.29, 0.717) is 23.6 Å². The molecule has 0 aromatic heterocycles. The van der Waals surface area contributed by atoms with Crippen LogP contribution in [0.2, 0.25) is 0 Å². The van der Waals surface area contributed by atoms with Gasteiger partial charge in [0.15, 0.2) is 0 Å². The summed E-state index contributed by atoms with van der Waals surface area (Å²) < 4.78 is 5.37. The van der Waals surface area contributed by atoms with Gasteiger partial charge < -0.3 is 15.2 Å². The minimum absolute atomic E-state index is 0.0301. The number of hydrogen-bond acceptors (Lipinski definition) is 4. The molecule has 0 saturated carbocycles. The number of rotatable bonds is 5. The monoisotopic (exact) mass is 308 g/mol. The van der Waals surface area contributed by atoms with Gasteiger partial charge in [0.1, 0.15) is 23.1 Å². The van der Waals surface area contributed by atoms with E-state index >= 15 is 0 Å². The Balaban J connectivity index is 2.16. The van der Waals surface area contributed by atoms with Gasteiger partial charge in [-0.25, -0.2) is 0 Å². The number of carbonyl (C=O) groups is 1. The van der Waals surface area contributed by atoms with E-state index in [-0.39, 0.29) is 11.3 Å². The summed E-state index contributed by atoms with van der Waals surface area (Å²) in [7, 11) is 0. The topological polar surface area (TPSA) is 82.3 Å². The summed E-state index contributed by atoms with van der Waals surface area (Å²) in [4.78, 5) is 12.2. The second-order valence-electron chi connectivity index (χ2n) is 4.68. The molecule has 1 amide bonds. The van der Waals surface area contributed by atoms with E-state index in [1.54, 1.807) is 36.4 Å². The van der Waals surface area contributed by atoms with Crippen molar-refractivity contribution < 1.29 is 14.6 Å². The Morgan fingerprint density at radius 2 is 2.04 bits per heavy atom. The first-order valence-electron chi connectivity index (χ1n) is 7.07. The van der Waals surface area contributed by atoms with E-state index < -0.39 is 5.91 Å². The van der Waals surface area contributed by atoms with Crippen LogP contribution in [0.15, 0.2) is 54.1 Å². The fourth-order valence-corrected chi connectivity index (χ4v) is 1.91. The number of nitrogens with one attached hydrogen (secondary N) is 1. The van der Waals surface area contributed by atoms with Crippen LogP contribution >= 0.6 is 0 Å². The molecule has 0 unspecified atom stereocenters. The first-order valence-corrected chi connectivity index (χ1v) is 7.07. The summed E-state index contributed by atoms with van der Waals surface area (Å²) in [5.41, 5.74) is 1.17. The van der Waals surface area contributed by atoms with Gasteiger partial charge in [-0.3, -0.25) is 4.79 Å². The van der Waals surface area contributed by atoms with Crippen molar-refractivity contribution in [3.05, 3.63) is 59.7 Å². The molecule has 5 nitrogen and oxygen atoms in total. The molecule has 2 N–H and O–H groups in total. The fraction of sp³-hybridized carbons (Fsp3) is 0.111. The molecule has 0 aliphatic carbocycles. The number of anilines is 1. The maximum atomic E-state index is 12.2. The summed E-state index contributed by atoms with van der Waals surface area (Å²) in [6.07, 6.45) is 1.46. The molecule has 0 aliphatic rings. The van der Waals surface area contributed by atoms with Crippen LogP contribution in [0.1, 0.15) is 12.5 Å². The zero-order valence-corrected chi connectivity index (χ0v) is 12.6.